The summed E-state index contributed by atoms with van der Waals surface area (Å²) in [5.41, 5.74) is 8.39. The normalized spacial score (nSPS) is 10.5. The number of ether oxygens (including phenoxy) is 2. The van der Waals surface area contributed by atoms with E-state index in [2.05, 4.69) is 12.1 Å². The molecule has 0 saturated carbocycles. The molecule has 1 aromatic carbocycles. The predicted octanol–water partition coefficient (Wildman–Crippen LogP) is 2.89. The highest BCUT2D eigenvalue weighted by molar-refractivity contribution is 5.78. The van der Waals surface area contributed by atoms with Crippen LogP contribution >= 0.6 is 0 Å². The second-order valence-corrected chi connectivity index (χ2v) is 4.22. The Morgan fingerprint density at radius 1 is 1.16 bits per heavy atom. The van der Waals surface area contributed by atoms with Gasteiger partial charge in [0.05, 0.1) is 26.0 Å². The molecule has 0 radical (unpaired) electrons. The van der Waals surface area contributed by atoms with Crippen LogP contribution in [0.15, 0.2) is 22.9 Å². The SMILES string of the molecule is CCCc1cc(OC)c(-c2cnoc2N)cc1OC. The number of aromatic nitrogens is 1. The molecule has 5 heteroatoms. The number of hydrogen-bond acceptors (Lipinski definition) is 5. The van der Waals surface area contributed by atoms with Crippen molar-refractivity contribution in [3.05, 3.63) is 23.9 Å². The lowest BCUT2D eigenvalue weighted by molar-refractivity contribution is 0.399. The van der Waals surface area contributed by atoms with Crippen molar-refractivity contribution < 1.29 is 14.0 Å². The van der Waals surface area contributed by atoms with E-state index in [0.29, 0.717) is 5.56 Å². The highest BCUT2D eigenvalue weighted by Crippen LogP contribution is 2.38. The van der Waals surface area contributed by atoms with E-state index in [4.69, 9.17) is 19.7 Å². The number of benzene rings is 1. The molecule has 0 unspecified atom stereocenters. The Kier molecular flexibility index (Phi) is 3.94. The summed E-state index contributed by atoms with van der Waals surface area (Å²) in [4.78, 5) is 0. The maximum Gasteiger partial charge on any atom is 0.230 e. The molecule has 102 valence electrons. The van der Waals surface area contributed by atoms with E-state index < -0.39 is 0 Å². The molecule has 2 N–H and O–H groups in total. The third-order valence-corrected chi connectivity index (χ3v) is 3.01. The number of methoxy groups -OCH3 is 2. The van der Waals surface area contributed by atoms with Crippen LogP contribution < -0.4 is 15.2 Å². The Bertz CT molecular complexity index is 564. The molecule has 19 heavy (non-hydrogen) atoms. The first-order valence-corrected chi connectivity index (χ1v) is 6.16. The van der Waals surface area contributed by atoms with Crippen LogP contribution in [0.5, 0.6) is 11.5 Å². The summed E-state index contributed by atoms with van der Waals surface area (Å²) in [5.74, 6) is 1.82. The lowest BCUT2D eigenvalue weighted by Gasteiger charge is -2.14. The smallest absolute Gasteiger partial charge is 0.230 e. The summed E-state index contributed by atoms with van der Waals surface area (Å²) in [5, 5.41) is 3.69. The van der Waals surface area contributed by atoms with Crippen molar-refractivity contribution >= 4 is 5.88 Å². The van der Waals surface area contributed by atoms with Crippen molar-refractivity contribution in [2.45, 2.75) is 19.8 Å². The summed E-state index contributed by atoms with van der Waals surface area (Å²) in [6.45, 7) is 2.12. The highest BCUT2D eigenvalue weighted by atomic mass is 16.5. The molecule has 0 aliphatic carbocycles. The second-order valence-electron chi connectivity index (χ2n) is 4.22. The van der Waals surface area contributed by atoms with E-state index in [0.717, 1.165) is 35.5 Å². The van der Waals surface area contributed by atoms with Crippen LogP contribution in [0.4, 0.5) is 5.88 Å². The Balaban J connectivity index is 2.57. The molecule has 0 aliphatic rings. The third kappa shape index (κ3) is 2.50. The molecule has 0 spiro atoms. The summed E-state index contributed by atoms with van der Waals surface area (Å²) < 4.78 is 15.8. The topological polar surface area (TPSA) is 70.5 Å². The average Bonchev–Trinajstić information content (AvgIpc) is 2.84. The summed E-state index contributed by atoms with van der Waals surface area (Å²) in [6.07, 6.45) is 3.54. The van der Waals surface area contributed by atoms with E-state index in [9.17, 15) is 0 Å². The Morgan fingerprint density at radius 2 is 1.89 bits per heavy atom. The molecular formula is C14H18N2O3. The quantitative estimate of drug-likeness (QED) is 0.897. The molecule has 2 rings (SSSR count). The standard InChI is InChI=1S/C14H18N2O3/c1-4-5-9-6-13(18-3)10(7-12(9)17-2)11-8-16-19-14(11)15/h6-8H,4-5,15H2,1-3H3. The zero-order valence-electron chi connectivity index (χ0n) is 11.4. The molecule has 2 aromatic rings. The Hall–Kier alpha value is -2.17. The molecule has 0 bridgehead atoms. The maximum atomic E-state index is 5.76. The van der Waals surface area contributed by atoms with Gasteiger partial charge in [-0.25, -0.2) is 0 Å². The molecular weight excluding hydrogens is 244 g/mol. The number of aryl methyl sites for hydroxylation is 1. The van der Waals surface area contributed by atoms with Gasteiger partial charge in [0, 0.05) is 5.56 Å². The van der Waals surface area contributed by atoms with Crippen LogP contribution in [-0.4, -0.2) is 19.4 Å². The van der Waals surface area contributed by atoms with Gasteiger partial charge in [0.15, 0.2) is 0 Å². The van der Waals surface area contributed by atoms with Gasteiger partial charge in [-0.2, -0.15) is 0 Å². The van der Waals surface area contributed by atoms with Gasteiger partial charge in [0.1, 0.15) is 11.5 Å². The predicted molar refractivity (Wildman–Crippen MR) is 73.5 cm³/mol. The minimum Gasteiger partial charge on any atom is -0.496 e. The van der Waals surface area contributed by atoms with Gasteiger partial charge in [0.25, 0.3) is 0 Å². The van der Waals surface area contributed by atoms with Crippen LogP contribution in [0.2, 0.25) is 0 Å². The molecule has 0 aliphatic heterocycles. The van der Waals surface area contributed by atoms with Crippen LogP contribution in [0.3, 0.4) is 0 Å². The summed E-state index contributed by atoms with van der Waals surface area (Å²) in [6, 6.07) is 3.89. The van der Waals surface area contributed by atoms with Crippen molar-refractivity contribution in [3.63, 3.8) is 0 Å². The van der Waals surface area contributed by atoms with E-state index in [1.165, 1.54) is 0 Å². The van der Waals surface area contributed by atoms with Crippen molar-refractivity contribution in [2.75, 3.05) is 20.0 Å². The lowest BCUT2D eigenvalue weighted by Crippen LogP contribution is -1.97. The number of anilines is 1. The number of nitrogens with zero attached hydrogens (tertiary/aromatic N) is 1. The van der Waals surface area contributed by atoms with Crippen LogP contribution in [0, 0.1) is 0 Å². The molecule has 5 nitrogen and oxygen atoms in total. The van der Waals surface area contributed by atoms with Crippen molar-refractivity contribution in [1.82, 2.24) is 5.16 Å². The third-order valence-electron chi connectivity index (χ3n) is 3.01. The number of nitrogens with two attached hydrogens (primary N) is 1. The van der Waals surface area contributed by atoms with E-state index in [-0.39, 0.29) is 5.88 Å². The van der Waals surface area contributed by atoms with Gasteiger partial charge in [0.2, 0.25) is 5.88 Å². The molecule has 0 fully saturated rings. The lowest BCUT2D eigenvalue weighted by atomic mass is 10.0. The first-order valence-electron chi connectivity index (χ1n) is 6.16. The van der Waals surface area contributed by atoms with E-state index >= 15 is 0 Å². The fourth-order valence-electron chi connectivity index (χ4n) is 2.09. The fraction of sp³-hybridized carbons (Fsp3) is 0.357. The van der Waals surface area contributed by atoms with Crippen LogP contribution in [0.1, 0.15) is 18.9 Å². The summed E-state index contributed by atoms with van der Waals surface area (Å²) >= 11 is 0. The summed E-state index contributed by atoms with van der Waals surface area (Å²) in [7, 11) is 3.28. The number of nitrogen functional groups attached to an aromatic ring is 1. The van der Waals surface area contributed by atoms with Gasteiger partial charge in [-0.1, -0.05) is 18.5 Å². The number of rotatable bonds is 5. The maximum absolute atomic E-state index is 5.76. The minimum atomic E-state index is 0.267. The van der Waals surface area contributed by atoms with Crippen LogP contribution in [-0.2, 0) is 6.42 Å². The number of hydrogen-bond donors (Lipinski definition) is 1. The van der Waals surface area contributed by atoms with E-state index in [1.54, 1.807) is 20.4 Å². The molecule has 1 aromatic heterocycles. The molecule has 0 saturated heterocycles. The average molecular weight is 262 g/mol. The monoisotopic (exact) mass is 262 g/mol. The largest absolute Gasteiger partial charge is 0.496 e. The van der Waals surface area contributed by atoms with E-state index in [1.807, 2.05) is 12.1 Å². The first-order chi connectivity index (χ1) is 9.21. The molecule has 0 amide bonds. The van der Waals surface area contributed by atoms with Gasteiger partial charge < -0.3 is 19.7 Å². The molecule has 1 heterocycles. The van der Waals surface area contributed by atoms with Crippen LogP contribution in [0.25, 0.3) is 11.1 Å². The Labute approximate surface area is 112 Å². The zero-order valence-corrected chi connectivity index (χ0v) is 11.4. The first kappa shape index (κ1) is 13.3. The fourth-order valence-corrected chi connectivity index (χ4v) is 2.09. The second kappa shape index (κ2) is 5.65. The van der Waals surface area contributed by atoms with Gasteiger partial charge >= 0.3 is 0 Å². The zero-order chi connectivity index (χ0) is 13.8. The highest BCUT2D eigenvalue weighted by Gasteiger charge is 2.16. The van der Waals surface area contributed by atoms with Crippen molar-refractivity contribution in [1.29, 1.82) is 0 Å². The van der Waals surface area contributed by atoms with Gasteiger partial charge in [-0.15, -0.1) is 0 Å². The van der Waals surface area contributed by atoms with Gasteiger partial charge in [-0.3, -0.25) is 0 Å². The van der Waals surface area contributed by atoms with Gasteiger partial charge in [-0.05, 0) is 24.1 Å². The Morgan fingerprint density at radius 3 is 2.42 bits per heavy atom. The van der Waals surface area contributed by atoms with Crippen molar-refractivity contribution in [2.24, 2.45) is 0 Å². The minimum absolute atomic E-state index is 0.267. The molecule has 0 atom stereocenters. The van der Waals surface area contributed by atoms with Crippen molar-refractivity contribution in [3.8, 4) is 22.6 Å².